The Morgan fingerprint density at radius 2 is 1.61 bits per heavy atom. The maximum absolute atomic E-state index is 11.8. The molecule has 0 bridgehead atoms. The van der Waals surface area contributed by atoms with E-state index in [0.717, 1.165) is 11.1 Å². The van der Waals surface area contributed by atoms with Gasteiger partial charge < -0.3 is 14.8 Å². The summed E-state index contributed by atoms with van der Waals surface area (Å²) in [6.45, 7) is -0.0279. The first-order valence-electron chi connectivity index (χ1n) is 9.36. The molecule has 1 amide bonds. The number of hydrogen-bond donors (Lipinski definition) is 1. The van der Waals surface area contributed by atoms with Crippen LogP contribution in [0.4, 0.5) is 5.69 Å². The molecule has 3 aromatic rings. The van der Waals surface area contributed by atoms with Crippen molar-refractivity contribution in [3.63, 3.8) is 0 Å². The fraction of sp³-hybridized carbons (Fsp3) is 0.0833. The number of halogens is 2. The number of amides is 1. The van der Waals surface area contributed by atoms with Crippen LogP contribution in [0.15, 0.2) is 78.9 Å². The molecule has 0 heterocycles. The van der Waals surface area contributed by atoms with Gasteiger partial charge in [-0.05, 0) is 54.1 Å². The van der Waals surface area contributed by atoms with E-state index in [9.17, 15) is 9.59 Å². The Bertz CT molecular complexity index is 1060. The monoisotopic (exact) mass is 455 g/mol. The molecule has 7 heteroatoms. The van der Waals surface area contributed by atoms with E-state index in [0.29, 0.717) is 28.1 Å². The van der Waals surface area contributed by atoms with Crippen LogP contribution in [0.3, 0.4) is 0 Å². The van der Waals surface area contributed by atoms with Gasteiger partial charge in [0.1, 0.15) is 12.4 Å². The van der Waals surface area contributed by atoms with Crippen LogP contribution in [-0.2, 0) is 20.9 Å². The number of ether oxygens (including phenoxy) is 2. The maximum Gasteiger partial charge on any atom is 0.331 e. The van der Waals surface area contributed by atoms with Gasteiger partial charge >= 0.3 is 5.97 Å². The molecular formula is C24H19Cl2NO4. The van der Waals surface area contributed by atoms with Crippen LogP contribution in [0.2, 0.25) is 10.0 Å². The molecule has 3 rings (SSSR count). The van der Waals surface area contributed by atoms with E-state index in [2.05, 4.69) is 5.32 Å². The third kappa shape index (κ3) is 7.48. The van der Waals surface area contributed by atoms with Crippen molar-refractivity contribution < 1.29 is 19.1 Å². The van der Waals surface area contributed by atoms with Gasteiger partial charge in [-0.3, -0.25) is 4.79 Å². The van der Waals surface area contributed by atoms with Crippen molar-refractivity contribution in [1.82, 2.24) is 0 Å². The molecule has 0 atom stereocenters. The van der Waals surface area contributed by atoms with Crippen LogP contribution in [0.25, 0.3) is 6.08 Å². The van der Waals surface area contributed by atoms with Gasteiger partial charge in [0.15, 0.2) is 6.61 Å². The Labute approximate surface area is 190 Å². The lowest BCUT2D eigenvalue weighted by Crippen LogP contribution is -2.20. The van der Waals surface area contributed by atoms with Gasteiger partial charge in [0.25, 0.3) is 5.91 Å². The molecule has 0 saturated carbocycles. The predicted molar refractivity (Wildman–Crippen MR) is 122 cm³/mol. The first kappa shape index (κ1) is 22.4. The zero-order valence-electron chi connectivity index (χ0n) is 16.4. The highest BCUT2D eigenvalue weighted by Gasteiger charge is 2.06. The number of carbonyl (C=O) groups excluding carboxylic acids is 2. The molecule has 5 nitrogen and oxygen atoms in total. The van der Waals surface area contributed by atoms with Crippen molar-refractivity contribution in [2.24, 2.45) is 0 Å². The van der Waals surface area contributed by atoms with Crippen molar-refractivity contribution in [2.45, 2.75) is 6.61 Å². The second-order valence-corrected chi connectivity index (χ2v) is 7.29. The standard InChI is InChI=1S/C24H19Cl2NO4/c25-19-8-10-20(11-9-19)27-23(28)16-31-24(29)14-7-17-5-12-21(13-6-17)30-15-18-3-1-2-4-22(18)26/h1-14H,15-16H2,(H,27,28). The van der Waals surface area contributed by atoms with Crippen molar-refractivity contribution in [1.29, 1.82) is 0 Å². The van der Waals surface area contributed by atoms with Crippen LogP contribution < -0.4 is 10.1 Å². The first-order valence-corrected chi connectivity index (χ1v) is 10.1. The summed E-state index contributed by atoms with van der Waals surface area (Å²) in [6, 6.07) is 21.3. The number of rotatable bonds is 8. The number of anilines is 1. The molecule has 0 spiro atoms. The summed E-state index contributed by atoms with van der Waals surface area (Å²) >= 11 is 11.9. The lowest BCUT2D eigenvalue weighted by Gasteiger charge is -2.08. The Hall–Kier alpha value is -3.28. The van der Waals surface area contributed by atoms with Gasteiger partial charge in [-0.25, -0.2) is 4.79 Å². The number of nitrogens with one attached hydrogen (secondary N) is 1. The molecule has 0 radical (unpaired) electrons. The van der Waals surface area contributed by atoms with E-state index in [4.69, 9.17) is 32.7 Å². The molecular weight excluding hydrogens is 437 g/mol. The SMILES string of the molecule is O=C(COC(=O)C=Cc1ccc(OCc2ccccc2Cl)cc1)Nc1ccc(Cl)cc1. The summed E-state index contributed by atoms with van der Waals surface area (Å²) in [5.74, 6) is -0.382. The number of esters is 1. The minimum atomic E-state index is -0.620. The third-order valence-corrected chi connectivity index (χ3v) is 4.74. The van der Waals surface area contributed by atoms with E-state index < -0.39 is 11.9 Å². The van der Waals surface area contributed by atoms with Crippen molar-refractivity contribution in [3.05, 3.63) is 100 Å². The normalized spacial score (nSPS) is 10.6. The minimum Gasteiger partial charge on any atom is -0.489 e. The summed E-state index contributed by atoms with van der Waals surface area (Å²) in [5, 5.41) is 3.83. The lowest BCUT2D eigenvalue weighted by atomic mass is 10.2. The van der Waals surface area contributed by atoms with Gasteiger partial charge in [0.05, 0.1) is 0 Å². The van der Waals surface area contributed by atoms with Crippen molar-refractivity contribution in [3.8, 4) is 5.75 Å². The van der Waals surface area contributed by atoms with Gasteiger partial charge in [-0.1, -0.05) is 53.5 Å². The first-order chi connectivity index (χ1) is 15.0. The van der Waals surface area contributed by atoms with Crippen LogP contribution in [0.5, 0.6) is 5.75 Å². The Morgan fingerprint density at radius 1 is 0.903 bits per heavy atom. The van der Waals surface area contributed by atoms with Crippen LogP contribution in [0, 0.1) is 0 Å². The van der Waals surface area contributed by atoms with Gasteiger partial charge in [-0.15, -0.1) is 0 Å². The molecule has 3 aromatic carbocycles. The van der Waals surface area contributed by atoms with E-state index in [-0.39, 0.29) is 6.61 Å². The zero-order chi connectivity index (χ0) is 22.1. The molecule has 158 valence electrons. The summed E-state index contributed by atoms with van der Waals surface area (Å²) < 4.78 is 10.7. The Morgan fingerprint density at radius 3 is 2.32 bits per heavy atom. The second-order valence-electron chi connectivity index (χ2n) is 6.45. The fourth-order valence-corrected chi connectivity index (χ4v) is 2.85. The summed E-state index contributed by atoms with van der Waals surface area (Å²) in [4.78, 5) is 23.7. The van der Waals surface area contributed by atoms with E-state index in [1.807, 2.05) is 24.3 Å². The highest BCUT2D eigenvalue weighted by atomic mass is 35.5. The van der Waals surface area contributed by atoms with Crippen molar-refractivity contribution >= 4 is 46.8 Å². The van der Waals surface area contributed by atoms with E-state index >= 15 is 0 Å². The molecule has 0 unspecified atom stereocenters. The van der Waals surface area contributed by atoms with Gasteiger partial charge in [0, 0.05) is 27.4 Å². The summed E-state index contributed by atoms with van der Waals surface area (Å²) in [5.41, 5.74) is 2.25. The summed E-state index contributed by atoms with van der Waals surface area (Å²) in [6.07, 6.45) is 2.85. The smallest absolute Gasteiger partial charge is 0.331 e. The third-order valence-electron chi connectivity index (χ3n) is 4.12. The predicted octanol–water partition coefficient (Wildman–Crippen LogP) is 5.77. The fourth-order valence-electron chi connectivity index (χ4n) is 2.53. The molecule has 0 aromatic heterocycles. The molecule has 0 fully saturated rings. The largest absolute Gasteiger partial charge is 0.489 e. The Kier molecular flexibility index (Phi) is 8.10. The molecule has 31 heavy (non-hydrogen) atoms. The molecule has 0 aliphatic carbocycles. The van der Waals surface area contributed by atoms with Crippen LogP contribution in [0.1, 0.15) is 11.1 Å². The van der Waals surface area contributed by atoms with E-state index in [1.54, 1.807) is 54.6 Å². The van der Waals surface area contributed by atoms with Gasteiger partial charge in [0.2, 0.25) is 0 Å². The molecule has 0 aliphatic heterocycles. The Balaban J connectivity index is 1.43. The lowest BCUT2D eigenvalue weighted by molar-refractivity contribution is -0.142. The topological polar surface area (TPSA) is 64.6 Å². The molecule has 0 aliphatic rings. The van der Waals surface area contributed by atoms with Crippen molar-refractivity contribution in [2.75, 3.05) is 11.9 Å². The molecule has 1 N–H and O–H groups in total. The van der Waals surface area contributed by atoms with Crippen LogP contribution >= 0.6 is 23.2 Å². The average Bonchev–Trinajstić information content (AvgIpc) is 2.78. The summed E-state index contributed by atoms with van der Waals surface area (Å²) in [7, 11) is 0. The minimum absolute atomic E-state index is 0.360. The highest BCUT2D eigenvalue weighted by molar-refractivity contribution is 6.31. The number of benzene rings is 3. The van der Waals surface area contributed by atoms with Crippen LogP contribution in [-0.4, -0.2) is 18.5 Å². The second kappa shape index (κ2) is 11.2. The quantitative estimate of drug-likeness (QED) is 0.346. The van der Waals surface area contributed by atoms with E-state index in [1.165, 1.54) is 6.08 Å². The van der Waals surface area contributed by atoms with Gasteiger partial charge in [-0.2, -0.15) is 0 Å². The maximum atomic E-state index is 11.8. The number of hydrogen-bond acceptors (Lipinski definition) is 4. The zero-order valence-corrected chi connectivity index (χ0v) is 17.9. The number of carbonyl (C=O) groups is 2. The average molecular weight is 456 g/mol. The molecule has 0 saturated heterocycles. The highest BCUT2D eigenvalue weighted by Crippen LogP contribution is 2.19.